The molecule has 1 N–H and O–H groups in total. The number of thioether (sulfide) groups is 1. The fourth-order valence-corrected chi connectivity index (χ4v) is 7.66. The number of benzene rings is 2. The number of esters is 1. The van der Waals surface area contributed by atoms with Crippen molar-refractivity contribution in [3.8, 4) is 5.75 Å². The molecule has 3 aromatic rings. The highest BCUT2D eigenvalue weighted by molar-refractivity contribution is 7.99. The number of H-pyrrole nitrogens is 1. The van der Waals surface area contributed by atoms with Crippen molar-refractivity contribution in [2.24, 2.45) is 5.92 Å². The van der Waals surface area contributed by atoms with Gasteiger partial charge in [-0.3, -0.25) is 4.79 Å². The van der Waals surface area contributed by atoms with E-state index in [1.807, 2.05) is 13.8 Å². The molecule has 0 atom stereocenters. The highest BCUT2D eigenvalue weighted by Crippen LogP contribution is 2.29. The van der Waals surface area contributed by atoms with Crippen molar-refractivity contribution in [1.82, 2.24) is 14.9 Å². The van der Waals surface area contributed by atoms with Crippen molar-refractivity contribution in [3.63, 3.8) is 0 Å². The summed E-state index contributed by atoms with van der Waals surface area (Å²) in [5.41, 5.74) is 0.586. The highest BCUT2D eigenvalue weighted by Gasteiger charge is 2.29. The maximum Gasteiger partial charge on any atom is 0.340 e. The molecule has 0 bridgehead atoms. The Hall–Kier alpha value is -3.22. The fourth-order valence-electron chi connectivity index (χ4n) is 6.60. The number of carbonyl (C=O) groups excluding carboxylic acids is 1. The van der Waals surface area contributed by atoms with Gasteiger partial charge in [0.1, 0.15) is 28.6 Å². The highest BCUT2D eigenvalue weighted by atomic mass is 32.2. The zero-order valence-electron chi connectivity index (χ0n) is 27.6. The van der Waals surface area contributed by atoms with Crippen LogP contribution < -0.4 is 15.2 Å². The smallest absolute Gasteiger partial charge is 0.340 e. The molecule has 47 heavy (non-hydrogen) atoms. The second kappa shape index (κ2) is 16.7. The van der Waals surface area contributed by atoms with Crippen molar-refractivity contribution < 1.29 is 27.8 Å². The minimum atomic E-state index is -0.672. The number of ether oxygens (including phenoxy) is 3. The first kappa shape index (κ1) is 35.1. The average molecular weight is 673 g/mol. The molecule has 0 amide bonds. The first-order valence-corrected chi connectivity index (χ1v) is 17.8. The predicted molar refractivity (Wildman–Crippen MR) is 182 cm³/mol. The molecule has 0 unspecified atom stereocenters. The molecule has 3 aliphatic rings. The third-order valence-electron chi connectivity index (χ3n) is 9.25. The zero-order valence-corrected chi connectivity index (χ0v) is 28.4. The van der Waals surface area contributed by atoms with E-state index < -0.39 is 23.2 Å². The van der Waals surface area contributed by atoms with E-state index >= 15 is 0 Å². The van der Waals surface area contributed by atoms with E-state index in [1.165, 1.54) is 25.3 Å². The Morgan fingerprint density at radius 2 is 1.72 bits per heavy atom. The van der Waals surface area contributed by atoms with Gasteiger partial charge in [-0.05, 0) is 75.7 Å². The van der Waals surface area contributed by atoms with Gasteiger partial charge in [0.2, 0.25) is 0 Å². The Bertz CT molecular complexity index is 1550. The van der Waals surface area contributed by atoms with E-state index in [1.54, 1.807) is 23.9 Å². The number of nitrogens with zero attached hydrogens (tertiary/aromatic N) is 3. The predicted octanol–water partition coefficient (Wildman–Crippen LogP) is 6.19. The standard InChI is InChI=1S/C33H40F2N4O5S.C2H6/c1-42-33(41)26-3-2-23(16-27(26)34)39-12-6-22(7-13-39)38-10-4-21(5-11-38)19-44-24-17-28(35)31-29(18-24)36-30(37-32(31)40)20-45-25-8-14-43-15-9-25;1-2/h2-3,16-18,21-22,25H,4-15,19-20H2,1H3,(H,36,37,40);1-2H3. The lowest BCUT2D eigenvalue weighted by Crippen LogP contribution is -2.48. The Kier molecular flexibility index (Phi) is 12.5. The van der Waals surface area contributed by atoms with E-state index in [2.05, 4.69) is 24.5 Å². The van der Waals surface area contributed by atoms with Crippen LogP contribution in [0.2, 0.25) is 0 Å². The van der Waals surface area contributed by atoms with Gasteiger partial charge in [-0.2, -0.15) is 11.8 Å². The molecule has 6 rings (SSSR count). The van der Waals surface area contributed by atoms with Crippen LogP contribution in [0.1, 0.15) is 68.6 Å². The normalized spacial score (nSPS) is 18.5. The minimum Gasteiger partial charge on any atom is -0.493 e. The van der Waals surface area contributed by atoms with E-state index in [0.29, 0.717) is 46.7 Å². The van der Waals surface area contributed by atoms with Crippen LogP contribution in [-0.4, -0.2) is 85.2 Å². The van der Waals surface area contributed by atoms with Crippen LogP contribution in [0.25, 0.3) is 10.9 Å². The van der Waals surface area contributed by atoms with Gasteiger partial charge in [0, 0.05) is 55.4 Å². The van der Waals surface area contributed by atoms with E-state index in [0.717, 1.165) is 83.6 Å². The van der Waals surface area contributed by atoms with Gasteiger partial charge < -0.3 is 29.0 Å². The van der Waals surface area contributed by atoms with Crippen LogP contribution >= 0.6 is 11.8 Å². The van der Waals surface area contributed by atoms with Crippen LogP contribution in [0.3, 0.4) is 0 Å². The topological polar surface area (TPSA) is 97.0 Å². The molecule has 0 saturated carbocycles. The Morgan fingerprint density at radius 3 is 2.40 bits per heavy atom. The lowest BCUT2D eigenvalue weighted by Gasteiger charge is -2.42. The second-order valence-electron chi connectivity index (χ2n) is 12.1. The number of anilines is 1. The molecule has 4 heterocycles. The summed E-state index contributed by atoms with van der Waals surface area (Å²) in [6, 6.07) is 8.12. The molecule has 12 heteroatoms. The number of hydrogen-bond acceptors (Lipinski definition) is 9. The van der Waals surface area contributed by atoms with Crippen molar-refractivity contribution in [3.05, 3.63) is 63.7 Å². The number of fused-ring (bicyclic) bond motifs is 1. The molecule has 0 spiro atoms. The summed E-state index contributed by atoms with van der Waals surface area (Å²) in [5, 5.41) is 0.430. The van der Waals surface area contributed by atoms with Crippen LogP contribution in [0.5, 0.6) is 5.75 Å². The van der Waals surface area contributed by atoms with Gasteiger partial charge in [0.25, 0.3) is 5.56 Å². The monoisotopic (exact) mass is 672 g/mol. The fraction of sp³-hybridized carbons (Fsp3) is 0.571. The van der Waals surface area contributed by atoms with Gasteiger partial charge in [-0.1, -0.05) is 13.8 Å². The zero-order chi connectivity index (χ0) is 33.3. The van der Waals surface area contributed by atoms with Crippen molar-refractivity contribution in [2.45, 2.75) is 69.4 Å². The second-order valence-corrected chi connectivity index (χ2v) is 13.4. The Labute approximate surface area is 279 Å². The third kappa shape index (κ3) is 8.83. The van der Waals surface area contributed by atoms with E-state index in [9.17, 15) is 18.4 Å². The van der Waals surface area contributed by atoms with E-state index in [4.69, 9.17) is 9.47 Å². The van der Waals surface area contributed by atoms with Crippen molar-refractivity contribution >= 4 is 34.3 Å². The first-order valence-electron chi connectivity index (χ1n) is 16.8. The summed E-state index contributed by atoms with van der Waals surface area (Å²) in [6.07, 6.45) is 5.90. The van der Waals surface area contributed by atoms with Crippen LogP contribution in [0.15, 0.2) is 35.1 Å². The third-order valence-corrected chi connectivity index (χ3v) is 10.6. The average Bonchev–Trinajstić information content (AvgIpc) is 3.11. The van der Waals surface area contributed by atoms with Crippen molar-refractivity contribution in [2.75, 3.05) is 58.0 Å². The Balaban J connectivity index is 0.00000213. The molecular weight excluding hydrogens is 626 g/mol. The summed E-state index contributed by atoms with van der Waals surface area (Å²) < 4.78 is 45.5. The summed E-state index contributed by atoms with van der Waals surface area (Å²) in [5.74, 6) is -0.00264. The molecule has 0 aliphatic carbocycles. The van der Waals surface area contributed by atoms with Gasteiger partial charge in [-0.25, -0.2) is 18.6 Å². The summed E-state index contributed by atoms with van der Waals surface area (Å²) >= 11 is 1.75. The number of likely N-dealkylation sites (tertiary alicyclic amines) is 1. The number of rotatable bonds is 9. The number of piperidine rings is 2. The molecule has 3 fully saturated rings. The van der Waals surface area contributed by atoms with Crippen LogP contribution in [0.4, 0.5) is 14.5 Å². The Morgan fingerprint density at radius 1 is 1.00 bits per heavy atom. The van der Waals surface area contributed by atoms with Gasteiger partial charge in [-0.15, -0.1) is 0 Å². The molecule has 0 radical (unpaired) electrons. The molecule has 256 valence electrons. The largest absolute Gasteiger partial charge is 0.493 e. The molecule has 2 aromatic carbocycles. The molecular formula is C35H46F2N4O5S. The molecule has 9 nitrogen and oxygen atoms in total. The number of carbonyl (C=O) groups is 1. The van der Waals surface area contributed by atoms with Gasteiger partial charge in [0.15, 0.2) is 0 Å². The molecule has 3 aliphatic heterocycles. The van der Waals surface area contributed by atoms with Gasteiger partial charge in [0.05, 0.1) is 30.5 Å². The summed E-state index contributed by atoms with van der Waals surface area (Å²) in [6.45, 7) is 9.58. The molecule has 3 saturated heterocycles. The number of hydrogen-bond donors (Lipinski definition) is 1. The minimum absolute atomic E-state index is 0.0372. The SMILES string of the molecule is CC.COC(=O)c1ccc(N2CCC(N3CCC(COc4cc(F)c5c(=O)[nH]c(CSC6CCOCC6)nc5c4)CC3)CC2)cc1F. The lowest BCUT2D eigenvalue weighted by atomic mass is 9.94. The number of aromatic amines is 1. The number of aromatic nitrogens is 2. The summed E-state index contributed by atoms with van der Waals surface area (Å²) in [7, 11) is 1.24. The maximum absolute atomic E-state index is 15.0. The number of halogens is 2. The van der Waals surface area contributed by atoms with Crippen molar-refractivity contribution in [1.29, 1.82) is 0 Å². The number of nitrogens with one attached hydrogen (secondary N) is 1. The first-order chi connectivity index (χ1) is 22.9. The molecule has 1 aromatic heterocycles. The van der Waals surface area contributed by atoms with Gasteiger partial charge >= 0.3 is 5.97 Å². The number of methoxy groups -OCH3 is 1. The summed E-state index contributed by atoms with van der Waals surface area (Å²) in [4.78, 5) is 36.4. The lowest BCUT2D eigenvalue weighted by molar-refractivity contribution is 0.0595. The maximum atomic E-state index is 15.0. The van der Waals surface area contributed by atoms with E-state index in [-0.39, 0.29) is 10.9 Å². The quantitative estimate of drug-likeness (QED) is 0.267. The van der Waals surface area contributed by atoms with Crippen LogP contribution in [0, 0.1) is 17.6 Å². The van der Waals surface area contributed by atoms with Crippen LogP contribution in [-0.2, 0) is 15.2 Å².